The van der Waals surface area contributed by atoms with Gasteiger partial charge in [-0.2, -0.15) is 0 Å². The molecule has 8 heteroatoms. The lowest BCUT2D eigenvalue weighted by Crippen LogP contribution is -2.43. The van der Waals surface area contributed by atoms with Crippen molar-refractivity contribution in [3.63, 3.8) is 0 Å². The minimum absolute atomic E-state index is 0.0169. The molecule has 4 atom stereocenters. The summed E-state index contributed by atoms with van der Waals surface area (Å²) in [7, 11) is 3.97. The number of Topliss-reactive ketones (excluding diaryl/α,β-unsaturated/α-hetero) is 1. The van der Waals surface area contributed by atoms with E-state index in [2.05, 4.69) is 4.90 Å². The summed E-state index contributed by atoms with van der Waals surface area (Å²) < 4.78 is 6.17. The largest absolute Gasteiger partial charge is 0.507 e. The van der Waals surface area contributed by atoms with Crippen LogP contribution in [-0.4, -0.2) is 69.4 Å². The highest BCUT2D eigenvalue weighted by Gasteiger charge is 2.43. The highest BCUT2D eigenvalue weighted by Crippen LogP contribution is 2.45. The molecule has 1 aliphatic heterocycles. The molecular weight excluding hydrogens is 450 g/mol. The van der Waals surface area contributed by atoms with Crippen molar-refractivity contribution in [2.75, 3.05) is 14.1 Å². The summed E-state index contributed by atoms with van der Waals surface area (Å²) in [5.74, 6) is -2.57. The van der Waals surface area contributed by atoms with Gasteiger partial charge in [-0.15, -0.1) is 0 Å². The number of ether oxygens (including phenoxy) is 1. The van der Waals surface area contributed by atoms with Crippen LogP contribution in [0.25, 0.3) is 0 Å². The lowest BCUT2D eigenvalue weighted by atomic mass is 9.72. The van der Waals surface area contributed by atoms with Crippen LogP contribution in [0.4, 0.5) is 0 Å². The van der Waals surface area contributed by atoms with Gasteiger partial charge in [0.05, 0.1) is 28.9 Å². The van der Waals surface area contributed by atoms with Crippen LogP contribution in [0.3, 0.4) is 0 Å². The van der Waals surface area contributed by atoms with E-state index in [1.165, 1.54) is 19.1 Å². The van der Waals surface area contributed by atoms with Gasteiger partial charge in [-0.3, -0.25) is 14.4 Å². The van der Waals surface area contributed by atoms with Crippen molar-refractivity contribution in [1.82, 2.24) is 4.90 Å². The van der Waals surface area contributed by atoms with E-state index in [0.29, 0.717) is 17.5 Å². The second-order valence-electron chi connectivity index (χ2n) is 10.5. The van der Waals surface area contributed by atoms with E-state index in [4.69, 9.17) is 4.74 Å². The van der Waals surface area contributed by atoms with Gasteiger partial charge in [0.15, 0.2) is 11.6 Å². The quantitative estimate of drug-likeness (QED) is 0.513. The summed E-state index contributed by atoms with van der Waals surface area (Å²) in [4.78, 5) is 42.1. The molecule has 0 spiro atoms. The summed E-state index contributed by atoms with van der Waals surface area (Å²) in [6.07, 6.45) is 0.794. The van der Waals surface area contributed by atoms with Crippen molar-refractivity contribution in [3.8, 4) is 11.5 Å². The summed E-state index contributed by atoms with van der Waals surface area (Å²) in [6.45, 7) is 3.48. The van der Waals surface area contributed by atoms with Crippen molar-refractivity contribution >= 4 is 17.3 Å². The maximum Gasteiger partial charge on any atom is 0.202 e. The number of fused-ring (bicyclic) bond motifs is 4. The first-order chi connectivity index (χ1) is 16.4. The molecule has 0 bridgehead atoms. The molecule has 1 saturated heterocycles. The van der Waals surface area contributed by atoms with Crippen LogP contribution < -0.4 is 0 Å². The fourth-order valence-corrected chi connectivity index (χ4v) is 5.97. The Morgan fingerprint density at radius 3 is 2.34 bits per heavy atom. The minimum atomic E-state index is -1.31. The molecule has 184 valence electrons. The maximum absolute atomic E-state index is 13.6. The Bertz CT molecular complexity index is 1290. The number of aromatic hydroxyl groups is 2. The number of hydrogen-bond acceptors (Lipinski definition) is 8. The number of aliphatic hydroxyl groups is 1. The van der Waals surface area contributed by atoms with E-state index < -0.39 is 34.8 Å². The number of phenolic OH excluding ortho intramolecular Hbond substituents is 2. The number of carbonyl (C=O) groups is 3. The normalized spacial score (nSPS) is 28.1. The third-order valence-corrected chi connectivity index (χ3v) is 7.57. The molecule has 1 heterocycles. The predicted molar refractivity (Wildman–Crippen MR) is 126 cm³/mol. The van der Waals surface area contributed by atoms with Gasteiger partial charge in [-0.1, -0.05) is 6.07 Å². The number of carbonyl (C=O) groups excluding carboxylic acids is 3. The standard InChI is InChI=1S/C27H29NO7/c1-12-16(28(3)4)7-8-19(35-12)14-5-6-15-21(24(14)31)26(33)22-17(29)9-13-10-27(2,34)11-18(30)20(13)23(22)25(15)32/h5-6,9,12,16,19,29,31,34H,7-8,10-11H2,1-4H3/t12-,16-,19+,27+/m0/s1. The van der Waals surface area contributed by atoms with Crippen LogP contribution in [0, 0.1) is 0 Å². The number of benzene rings is 2. The number of phenols is 2. The summed E-state index contributed by atoms with van der Waals surface area (Å²) in [5, 5.41) is 32.3. The maximum atomic E-state index is 13.6. The minimum Gasteiger partial charge on any atom is -0.507 e. The number of hydrogen-bond donors (Lipinski definition) is 3. The topological polar surface area (TPSA) is 124 Å². The third-order valence-electron chi connectivity index (χ3n) is 7.57. The first-order valence-electron chi connectivity index (χ1n) is 11.8. The van der Waals surface area contributed by atoms with E-state index in [-0.39, 0.29) is 58.6 Å². The molecule has 1 fully saturated rings. The molecule has 0 radical (unpaired) electrons. The average Bonchev–Trinajstić information content (AvgIpc) is 2.75. The average molecular weight is 480 g/mol. The number of nitrogens with zero attached hydrogens (tertiary/aromatic N) is 1. The van der Waals surface area contributed by atoms with E-state index in [1.54, 1.807) is 6.07 Å². The SMILES string of the molecule is C[C@@H]1O[C@@H](c2ccc3c(c2O)C(=O)c2c(O)cc4c(c2C3=O)C(=O)C[C@](C)(O)C4)CC[C@@H]1N(C)C. The molecule has 3 N–H and O–H groups in total. The van der Waals surface area contributed by atoms with Gasteiger partial charge in [0, 0.05) is 41.1 Å². The summed E-state index contributed by atoms with van der Waals surface area (Å²) in [5.41, 5.74) is -1.13. The van der Waals surface area contributed by atoms with Gasteiger partial charge in [-0.05, 0) is 58.5 Å². The smallest absolute Gasteiger partial charge is 0.202 e. The zero-order chi connectivity index (χ0) is 25.4. The van der Waals surface area contributed by atoms with E-state index >= 15 is 0 Å². The van der Waals surface area contributed by atoms with Crippen LogP contribution in [-0.2, 0) is 11.2 Å². The molecule has 2 aromatic rings. The third kappa shape index (κ3) is 3.59. The second-order valence-corrected chi connectivity index (χ2v) is 10.5. The van der Waals surface area contributed by atoms with Gasteiger partial charge in [0.25, 0.3) is 0 Å². The van der Waals surface area contributed by atoms with Crippen molar-refractivity contribution in [2.24, 2.45) is 0 Å². The van der Waals surface area contributed by atoms with Gasteiger partial charge >= 0.3 is 0 Å². The second kappa shape index (κ2) is 7.98. The van der Waals surface area contributed by atoms with Crippen molar-refractivity contribution < 1.29 is 34.4 Å². The fourth-order valence-electron chi connectivity index (χ4n) is 5.97. The van der Waals surface area contributed by atoms with Gasteiger partial charge < -0.3 is 25.0 Å². The van der Waals surface area contributed by atoms with Crippen LogP contribution in [0.15, 0.2) is 18.2 Å². The van der Waals surface area contributed by atoms with Crippen molar-refractivity contribution in [1.29, 1.82) is 0 Å². The Hall–Kier alpha value is -3.07. The summed E-state index contributed by atoms with van der Waals surface area (Å²) in [6, 6.07) is 4.57. The number of rotatable bonds is 2. The Morgan fingerprint density at radius 1 is 0.971 bits per heavy atom. The first kappa shape index (κ1) is 23.7. The molecule has 5 rings (SSSR count). The van der Waals surface area contributed by atoms with Crippen molar-refractivity contribution in [2.45, 2.75) is 63.4 Å². The molecule has 0 aromatic heterocycles. The van der Waals surface area contributed by atoms with Gasteiger partial charge in [0.1, 0.15) is 11.5 Å². The zero-order valence-electron chi connectivity index (χ0n) is 20.2. The molecule has 3 aliphatic rings. The molecule has 8 nitrogen and oxygen atoms in total. The lowest BCUT2D eigenvalue weighted by molar-refractivity contribution is -0.0830. The first-order valence-corrected chi connectivity index (χ1v) is 11.8. The molecule has 2 aromatic carbocycles. The Morgan fingerprint density at radius 2 is 1.69 bits per heavy atom. The lowest BCUT2D eigenvalue weighted by Gasteiger charge is -2.38. The fraction of sp³-hybridized carbons (Fsp3) is 0.444. The summed E-state index contributed by atoms with van der Waals surface area (Å²) >= 11 is 0. The Labute approximate surface area is 203 Å². The van der Waals surface area contributed by atoms with Crippen LogP contribution in [0.2, 0.25) is 0 Å². The molecule has 35 heavy (non-hydrogen) atoms. The zero-order valence-corrected chi connectivity index (χ0v) is 20.2. The highest BCUT2D eigenvalue weighted by atomic mass is 16.5. The number of ketones is 3. The molecule has 0 saturated carbocycles. The van der Waals surface area contributed by atoms with Crippen LogP contribution >= 0.6 is 0 Å². The molecule has 2 aliphatic carbocycles. The van der Waals surface area contributed by atoms with Crippen LogP contribution in [0.1, 0.15) is 92.5 Å². The van der Waals surface area contributed by atoms with Gasteiger partial charge in [0.2, 0.25) is 5.78 Å². The monoisotopic (exact) mass is 479 g/mol. The molecule has 0 unspecified atom stereocenters. The Balaban J connectivity index is 1.60. The van der Waals surface area contributed by atoms with Crippen molar-refractivity contribution in [3.05, 3.63) is 57.1 Å². The highest BCUT2D eigenvalue weighted by molar-refractivity contribution is 6.33. The van der Waals surface area contributed by atoms with Gasteiger partial charge in [-0.25, -0.2) is 0 Å². The van der Waals surface area contributed by atoms with E-state index in [0.717, 1.165) is 6.42 Å². The predicted octanol–water partition coefficient (Wildman–Crippen LogP) is 2.92. The van der Waals surface area contributed by atoms with Crippen LogP contribution in [0.5, 0.6) is 11.5 Å². The Kier molecular flexibility index (Phi) is 5.39. The van der Waals surface area contributed by atoms with E-state index in [1.807, 2.05) is 21.0 Å². The van der Waals surface area contributed by atoms with E-state index in [9.17, 15) is 29.7 Å². The molecular formula is C27H29NO7. The number of likely N-dealkylation sites (N-methyl/N-ethyl adjacent to an activating group) is 1. The molecule has 0 amide bonds.